The van der Waals surface area contributed by atoms with Gasteiger partial charge in [-0.1, -0.05) is 32.8 Å². The van der Waals surface area contributed by atoms with Crippen LogP contribution >= 0.6 is 0 Å². The highest BCUT2D eigenvalue weighted by atomic mass is 19.4. The first-order chi connectivity index (χ1) is 13.1. The van der Waals surface area contributed by atoms with Gasteiger partial charge in [0.15, 0.2) is 0 Å². The summed E-state index contributed by atoms with van der Waals surface area (Å²) in [6.45, 7) is 8.58. The lowest BCUT2D eigenvalue weighted by Crippen LogP contribution is -2.71. The van der Waals surface area contributed by atoms with Crippen LogP contribution in [0.1, 0.15) is 78.1 Å². The second-order valence-electron chi connectivity index (χ2n) is 10.5. The van der Waals surface area contributed by atoms with E-state index < -0.39 is 17.6 Å². The predicted molar refractivity (Wildman–Crippen MR) is 103 cm³/mol. The van der Waals surface area contributed by atoms with E-state index in [2.05, 4.69) is 25.7 Å². The molecule has 0 bridgehead atoms. The van der Waals surface area contributed by atoms with E-state index in [1.807, 2.05) is 6.08 Å². The molecule has 0 radical (unpaired) electrons. The molecule has 0 saturated heterocycles. The molecule has 0 heterocycles. The summed E-state index contributed by atoms with van der Waals surface area (Å²) in [7, 11) is 0. The summed E-state index contributed by atoms with van der Waals surface area (Å²) in [5, 5.41) is 2.68. The molecule has 5 heteroatoms. The number of allylic oxidation sites excluding steroid dienone is 1. The molecule has 0 aromatic heterocycles. The van der Waals surface area contributed by atoms with Crippen molar-refractivity contribution >= 4 is 5.91 Å². The fraction of sp³-hybridized carbons (Fsp3) is 0.870. The number of hydrogen-bond acceptors (Lipinski definition) is 1. The molecule has 4 fully saturated rings. The van der Waals surface area contributed by atoms with Crippen LogP contribution < -0.4 is 5.32 Å². The Balaban J connectivity index is 1.78. The molecule has 4 rings (SSSR count). The Hall–Kier alpha value is -1.00. The van der Waals surface area contributed by atoms with Crippen LogP contribution in [0.5, 0.6) is 0 Å². The van der Waals surface area contributed by atoms with Crippen LogP contribution in [-0.4, -0.2) is 17.6 Å². The number of halogens is 3. The zero-order valence-corrected chi connectivity index (χ0v) is 17.2. The molecule has 4 saturated carbocycles. The van der Waals surface area contributed by atoms with Gasteiger partial charge in [-0.15, -0.1) is 6.58 Å². The number of carbonyl (C=O) groups excluding carboxylic acids is 1. The van der Waals surface area contributed by atoms with Gasteiger partial charge >= 0.3 is 12.1 Å². The maximum absolute atomic E-state index is 13.3. The van der Waals surface area contributed by atoms with Crippen molar-refractivity contribution in [3.63, 3.8) is 0 Å². The zero-order valence-electron chi connectivity index (χ0n) is 17.2. The lowest BCUT2D eigenvalue weighted by Gasteiger charge is -2.66. The molecule has 0 aromatic carbocycles. The van der Waals surface area contributed by atoms with Gasteiger partial charge in [0, 0.05) is 5.54 Å². The largest absolute Gasteiger partial charge is 0.471 e. The van der Waals surface area contributed by atoms with Crippen molar-refractivity contribution < 1.29 is 18.0 Å². The fourth-order valence-electron chi connectivity index (χ4n) is 8.37. The average Bonchev–Trinajstić information content (AvgIpc) is 2.97. The highest BCUT2D eigenvalue weighted by Gasteiger charge is 2.67. The first-order valence-corrected chi connectivity index (χ1v) is 11.1. The number of fused-ring (bicyclic) bond motifs is 5. The van der Waals surface area contributed by atoms with Gasteiger partial charge in [-0.3, -0.25) is 4.79 Å². The van der Waals surface area contributed by atoms with Crippen molar-refractivity contribution in [1.82, 2.24) is 5.32 Å². The first kappa shape index (κ1) is 20.3. The summed E-state index contributed by atoms with van der Waals surface area (Å²) < 4.78 is 40.0. The van der Waals surface area contributed by atoms with Gasteiger partial charge in [-0.2, -0.15) is 13.2 Å². The van der Waals surface area contributed by atoms with Crippen molar-refractivity contribution in [1.29, 1.82) is 0 Å². The molecule has 158 valence electrons. The third-order valence-corrected chi connectivity index (χ3v) is 9.67. The van der Waals surface area contributed by atoms with Crippen LogP contribution in [0.15, 0.2) is 12.7 Å². The number of rotatable bonds is 2. The van der Waals surface area contributed by atoms with E-state index in [1.54, 1.807) is 0 Å². The van der Waals surface area contributed by atoms with Crippen LogP contribution in [0.4, 0.5) is 13.2 Å². The molecule has 4 aliphatic rings. The highest BCUT2D eigenvalue weighted by molar-refractivity contribution is 5.82. The van der Waals surface area contributed by atoms with Gasteiger partial charge in [0.05, 0.1) is 0 Å². The number of carbonyl (C=O) groups is 1. The molecular formula is C23H34F3NO. The van der Waals surface area contributed by atoms with Gasteiger partial charge in [0.25, 0.3) is 0 Å². The van der Waals surface area contributed by atoms with Crippen molar-refractivity contribution in [3.05, 3.63) is 12.7 Å². The molecule has 0 spiro atoms. The van der Waals surface area contributed by atoms with Gasteiger partial charge < -0.3 is 5.32 Å². The lowest BCUT2D eigenvalue weighted by molar-refractivity contribution is -0.188. The fourth-order valence-corrected chi connectivity index (χ4v) is 8.37. The number of amides is 1. The Bertz CT molecular complexity index is 661. The SMILES string of the molecule is C=C[C@H]1CC[C@@H]2[C@]1(C)CC[C@H]1[C@@]2(NC(=O)C(F)(F)F)CCC2CCCC[C@@]21C. The summed E-state index contributed by atoms with van der Waals surface area (Å²) in [6.07, 6.45) is 7.30. The van der Waals surface area contributed by atoms with Gasteiger partial charge in [0.2, 0.25) is 0 Å². The van der Waals surface area contributed by atoms with E-state index in [0.29, 0.717) is 18.3 Å². The van der Waals surface area contributed by atoms with E-state index in [-0.39, 0.29) is 22.7 Å². The first-order valence-electron chi connectivity index (χ1n) is 11.1. The molecule has 1 amide bonds. The Morgan fingerprint density at radius 1 is 0.964 bits per heavy atom. The minimum atomic E-state index is -4.83. The predicted octanol–water partition coefficient (Wildman–Crippen LogP) is 6.02. The monoisotopic (exact) mass is 397 g/mol. The number of alkyl halides is 3. The zero-order chi connectivity index (χ0) is 20.4. The van der Waals surface area contributed by atoms with Crippen molar-refractivity contribution in [2.75, 3.05) is 0 Å². The van der Waals surface area contributed by atoms with Crippen LogP contribution in [0.2, 0.25) is 0 Å². The summed E-state index contributed by atoms with van der Waals surface area (Å²) >= 11 is 0. The summed E-state index contributed by atoms with van der Waals surface area (Å²) in [5.74, 6) is -0.570. The second-order valence-corrected chi connectivity index (χ2v) is 10.5. The number of nitrogens with one attached hydrogen (secondary N) is 1. The second kappa shape index (κ2) is 6.50. The Morgan fingerprint density at radius 3 is 2.36 bits per heavy atom. The van der Waals surface area contributed by atoms with Gasteiger partial charge in [0.1, 0.15) is 0 Å². The van der Waals surface area contributed by atoms with Crippen LogP contribution in [-0.2, 0) is 4.79 Å². The maximum atomic E-state index is 13.3. The van der Waals surface area contributed by atoms with Crippen molar-refractivity contribution in [3.8, 4) is 0 Å². The van der Waals surface area contributed by atoms with E-state index in [4.69, 9.17) is 0 Å². The molecule has 7 atom stereocenters. The minimum Gasteiger partial charge on any atom is -0.342 e. The Morgan fingerprint density at radius 2 is 1.68 bits per heavy atom. The third kappa shape index (κ3) is 2.70. The molecule has 4 aliphatic carbocycles. The van der Waals surface area contributed by atoms with E-state index >= 15 is 0 Å². The normalized spacial score (nSPS) is 48.2. The van der Waals surface area contributed by atoms with Gasteiger partial charge in [-0.25, -0.2) is 0 Å². The van der Waals surface area contributed by atoms with Gasteiger partial charge in [-0.05, 0) is 85.9 Å². The molecule has 28 heavy (non-hydrogen) atoms. The Labute approximate surface area is 166 Å². The summed E-state index contributed by atoms with van der Waals surface area (Å²) in [6, 6.07) is 0. The molecule has 1 N–H and O–H groups in total. The molecule has 2 nitrogen and oxygen atoms in total. The minimum absolute atomic E-state index is 0.0446. The van der Waals surface area contributed by atoms with Crippen molar-refractivity contribution in [2.45, 2.75) is 89.8 Å². The lowest BCUT2D eigenvalue weighted by atomic mass is 9.42. The number of hydrogen-bond donors (Lipinski definition) is 1. The molecule has 0 aliphatic heterocycles. The quantitative estimate of drug-likeness (QED) is 0.567. The Kier molecular flexibility index (Phi) is 4.71. The average molecular weight is 398 g/mol. The summed E-state index contributed by atoms with van der Waals surface area (Å²) in [5.41, 5.74) is -0.738. The summed E-state index contributed by atoms with van der Waals surface area (Å²) in [4.78, 5) is 12.2. The molecular weight excluding hydrogens is 363 g/mol. The molecule has 0 aromatic rings. The standard InChI is InChI=1S/C23H34F3NO/c1-4-15-8-9-17-21(15,3)13-11-18-20(2)12-6-5-7-16(20)10-14-22(17,18)27-19(28)23(24,25)26/h4,15-18H,1,5-14H2,2-3H3,(H,27,28)/t15-,16?,17+,18+,20-,21+,22+/m0/s1. The van der Waals surface area contributed by atoms with E-state index in [9.17, 15) is 18.0 Å². The smallest absolute Gasteiger partial charge is 0.342 e. The molecule has 1 unspecified atom stereocenters. The maximum Gasteiger partial charge on any atom is 0.471 e. The third-order valence-electron chi connectivity index (χ3n) is 9.67. The van der Waals surface area contributed by atoms with E-state index in [0.717, 1.165) is 44.9 Å². The topological polar surface area (TPSA) is 29.1 Å². The van der Waals surface area contributed by atoms with E-state index in [1.165, 1.54) is 12.8 Å². The van der Waals surface area contributed by atoms with Crippen LogP contribution in [0.25, 0.3) is 0 Å². The van der Waals surface area contributed by atoms with Crippen LogP contribution in [0, 0.1) is 34.5 Å². The van der Waals surface area contributed by atoms with Crippen LogP contribution in [0.3, 0.4) is 0 Å². The van der Waals surface area contributed by atoms with Crippen molar-refractivity contribution in [2.24, 2.45) is 34.5 Å². The highest BCUT2D eigenvalue weighted by Crippen LogP contribution is 2.69.